The molecule has 1 unspecified atom stereocenters. The van der Waals surface area contributed by atoms with Crippen molar-refractivity contribution in [2.24, 2.45) is 11.8 Å². The van der Waals surface area contributed by atoms with Gasteiger partial charge in [0.1, 0.15) is 0 Å². The van der Waals surface area contributed by atoms with Crippen LogP contribution in [-0.2, 0) is 0 Å². The fraction of sp³-hybridized carbons (Fsp3) is 0.647. The fourth-order valence-corrected chi connectivity index (χ4v) is 3.32. The number of hydrogen-bond donors (Lipinski definition) is 1. The Morgan fingerprint density at radius 2 is 1.68 bits per heavy atom. The average molecular weight is 324 g/mol. The lowest BCUT2D eigenvalue weighted by molar-refractivity contribution is 0.258. The first kappa shape index (κ1) is 15.1. The number of rotatable bonds is 5. The largest absolute Gasteiger partial charge is 0.310 e. The lowest BCUT2D eigenvalue weighted by Gasteiger charge is -2.29. The second-order valence-corrected chi connectivity index (χ2v) is 6.89. The van der Waals surface area contributed by atoms with Gasteiger partial charge >= 0.3 is 0 Å². The Hall–Kier alpha value is -0.340. The highest BCUT2D eigenvalue weighted by Gasteiger charge is 2.20. The molecule has 0 aromatic heterocycles. The van der Waals surface area contributed by atoms with Gasteiger partial charge in [0.25, 0.3) is 0 Å². The molecule has 1 N–H and O–H groups in total. The summed E-state index contributed by atoms with van der Waals surface area (Å²) in [6, 6.07) is 9.11. The third-order valence-corrected chi connectivity index (χ3v) is 5.16. The zero-order valence-corrected chi connectivity index (χ0v) is 13.7. The summed E-state index contributed by atoms with van der Waals surface area (Å²) in [5.41, 5.74) is 1.38. The van der Waals surface area contributed by atoms with Crippen LogP contribution in [0.25, 0.3) is 0 Å². The van der Waals surface area contributed by atoms with E-state index >= 15 is 0 Å². The van der Waals surface area contributed by atoms with E-state index in [1.165, 1.54) is 44.2 Å². The normalized spacial score (nSPS) is 25.2. The summed E-state index contributed by atoms with van der Waals surface area (Å²) < 4.78 is 1.15. The lowest BCUT2D eigenvalue weighted by Crippen LogP contribution is -2.28. The number of hydrogen-bond acceptors (Lipinski definition) is 1. The van der Waals surface area contributed by atoms with E-state index in [1.807, 2.05) is 0 Å². The summed E-state index contributed by atoms with van der Waals surface area (Å²) in [6.07, 6.45) is 7.08. The quantitative estimate of drug-likeness (QED) is 0.773. The van der Waals surface area contributed by atoms with Crippen molar-refractivity contribution in [3.8, 4) is 0 Å². The van der Waals surface area contributed by atoms with Gasteiger partial charge < -0.3 is 5.32 Å². The van der Waals surface area contributed by atoms with Crippen molar-refractivity contribution in [3.63, 3.8) is 0 Å². The molecule has 0 saturated heterocycles. The molecule has 0 spiro atoms. The van der Waals surface area contributed by atoms with Gasteiger partial charge in [-0.1, -0.05) is 54.2 Å². The Morgan fingerprint density at radius 3 is 2.26 bits per heavy atom. The van der Waals surface area contributed by atoms with Gasteiger partial charge in [0.2, 0.25) is 0 Å². The summed E-state index contributed by atoms with van der Waals surface area (Å²) in [5.74, 6) is 1.89. The van der Waals surface area contributed by atoms with Crippen molar-refractivity contribution in [1.29, 1.82) is 0 Å². The smallest absolute Gasteiger partial charge is 0.0291 e. The minimum absolute atomic E-state index is 0.456. The van der Waals surface area contributed by atoms with Crippen LogP contribution in [0.3, 0.4) is 0 Å². The first-order valence-corrected chi connectivity index (χ1v) is 8.47. The molecule has 106 valence electrons. The Kier molecular flexibility index (Phi) is 5.90. The maximum atomic E-state index is 3.71. The lowest BCUT2D eigenvalue weighted by atomic mass is 9.81. The Bertz CT molecular complexity index is 365. The number of benzene rings is 1. The molecular formula is C17H26BrN. The molecule has 0 heterocycles. The molecule has 1 saturated carbocycles. The van der Waals surface area contributed by atoms with Gasteiger partial charge in [-0.15, -0.1) is 0 Å². The molecule has 2 rings (SSSR count). The van der Waals surface area contributed by atoms with Crippen LogP contribution in [-0.4, -0.2) is 6.54 Å². The van der Waals surface area contributed by atoms with E-state index in [9.17, 15) is 0 Å². The van der Waals surface area contributed by atoms with Crippen molar-refractivity contribution >= 4 is 15.9 Å². The monoisotopic (exact) mass is 323 g/mol. The molecule has 1 atom stereocenters. The van der Waals surface area contributed by atoms with E-state index in [2.05, 4.69) is 59.4 Å². The third-order valence-electron chi connectivity index (χ3n) is 4.63. The summed E-state index contributed by atoms with van der Waals surface area (Å²) in [4.78, 5) is 0. The van der Waals surface area contributed by atoms with Gasteiger partial charge in [0.05, 0.1) is 0 Å². The molecule has 19 heavy (non-hydrogen) atoms. The van der Waals surface area contributed by atoms with Crippen LogP contribution >= 0.6 is 15.9 Å². The van der Waals surface area contributed by atoms with Gasteiger partial charge in [0.15, 0.2) is 0 Å². The maximum Gasteiger partial charge on any atom is 0.0291 e. The van der Waals surface area contributed by atoms with Crippen molar-refractivity contribution in [2.75, 3.05) is 6.54 Å². The van der Waals surface area contributed by atoms with E-state index in [-0.39, 0.29) is 0 Å². The first-order valence-electron chi connectivity index (χ1n) is 7.68. The van der Waals surface area contributed by atoms with E-state index in [0.29, 0.717) is 6.04 Å². The summed E-state index contributed by atoms with van der Waals surface area (Å²) in [6.45, 7) is 5.77. The molecule has 0 amide bonds. The van der Waals surface area contributed by atoms with Crippen LogP contribution in [0.5, 0.6) is 0 Å². The summed E-state index contributed by atoms with van der Waals surface area (Å²) in [7, 11) is 0. The van der Waals surface area contributed by atoms with Crippen LogP contribution in [0.1, 0.15) is 57.6 Å². The topological polar surface area (TPSA) is 12.0 Å². The Labute approximate surface area is 126 Å². The van der Waals surface area contributed by atoms with Gasteiger partial charge in [-0.05, 0) is 55.8 Å². The van der Waals surface area contributed by atoms with Crippen molar-refractivity contribution in [3.05, 3.63) is 34.3 Å². The zero-order valence-electron chi connectivity index (χ0n) is 12.2. The first-order chi connectivity index (χ1) is 9.19. The highest BCUT2D eigenvalue weighted by atomic mass is 79.9. The molecule has 1 nitrogen and oxygen atoms in total. The minimum Gasteiger partial charge on any atom is -0.310 e. The van der Waals surface area contributed by atoms with E-state index in [4.69, 9.17) is 0 Å². The number of halogens is 1. The predicted molar refractivity (Wildman–Crippen MR) is 86.3 cm³/mol. The summed E-state index contributed by atoms with van der Waals surface area (Å²) >= 11 is 3.49. The van der Waals surface area contributed by atoms with Crippen LogP contribution in [0.15, 0.2) is 28.7 Å². The van der Waals surface area contributed by atoms with Gasteiger partial charge in [-0.3, -0.25) is 0 Å². The standard InChI is InChI=1S/C17H26BrN/c1-3-14-4-6-15(7-5-14)12-19-13(2)16-8-10-17(18)11-9-16/h8-11,13-15,19H,3-7,12H2,1-2H3. The molecule has 1 aliphatic rings. The van der Waals surface area contributed by atoms with Crippen molar-refractivity contribution in [2.45, 2.75) is 52.0 Å². The Morgan fingerprint density at radius 1 is 1.11 bits per heavy atom. The summed E-state index contributed by atoms with van der Waals surface area (Å²) in [5, 5.41) is 3.71. The average Bonchev–Trinajstić information content (AvgIpc) is 2.46. The van der Waals surface area contributed by atoms with E-state index in [0.717, 1.165) is 16.3 Å². The highest BCUT2D eigenvalue weighted by Crippen LogP contribution is 2.30. The molecule has 1 fully saturated rings. The predicted octanol–water partition coefficient (Wildman–Crippen LogP) is 5.32. The zero-order chi connectivity index (χ0) is 13.7. The van der Waals surface area contributed by atoms with Gasteiger partial charge in [-0.2, -0.15) is 0 Å². The van der Waals surface area contributed by atoms with E-state index in [1.54, 1.807) is 0 Å². The molecule has 1 aromatic rings. The number of nitrogens with one attached hydrogen (secondary N) is 1. The van der Waals surface area contributed by atoms with Crippen LogP contribution in [0, 0.1) is 11.8 Å². The molecule has 0 bridgehead atoms. The second-order valence-electron chi connectivity index (χ2n) is 5.98. The molecule has 0 aliphatic heterocycles. The van der Waals surface area contributed by atoms with Crippen LogP contribution in [0.2, 0.25) is 0 Å². The second kappa shape index (κ2) is 7.44. The van der Waals surface area contributed by atoms with Crippen LogP contribution < -0.4 is 5.32 Å². The molecule has 1 aliphatic carbocycles. The van der Waals surface area contributed by atoms with Gasteiger partial charge in [-0.25, -0.2) is 0 Å². The van der Waals surface area contributed by atoms with Gasteiger partial charge in [0, 0.05) is 10.5 Å². The van der Waals surface area contributed by atoms with Crippen molar-refractivity contribution < 1.29 is 0 Å². The van der Waals surface area contributed by atoms with Crippen LogP contribution in [0.4, 0.5) is 0 Å². The molecule has 2 heteroatoms. The third kappa shape index (κ3) is 4.61. The molecular weight excluding hydrogens is 298 g/mol. The highest BCUT2D eigenvalue weighted by molar-refractivity contribution is 9.10. The maximum absolute atomic E-state index is 3.71. The fourth-order valence-electron chi connectivity index (χ4n) is 3.06. The van der Waals surface area contributed by atoms with Crippen molar-refractivity contribution in [1.82, 2.24) is 5.32 Å². The minimum atomic E-state index is 0.456. The Balaban J connectivity index is 1.75. The van der Waals surface area contributed by atoms with E-state index < -0.39 is 0 Å². The molecule has 0 radical (unpaired) electrons. The SMILES string of the molecule is CCC1CCC(CNC(C)c2ccc(Br)cc2)CC1. The molecule has 1 aromatic carbocycles.